The van der Waals surface area contributed by atoms with Gasteiger partial charge in [-0.1, -0.05) is 13.8 Å². The Kier molecular flexibility index (Phi) is 3.95. The zero-order valence-corrected chi connectivity index (χ0v) is 9.23. The third-order valence-corrected chi connectivity index (χ3v) is 2.67. The lowest BCUT2D eigenvalue weighted by Crippen LogP contribution is -2.03. The van der Waals surface area contributed by atoms with Gasteiger partial charge in [-0.2, -0.15) is 0 Å². The summed E-state index contributed by atoms with van der Waals surface area (Å²) in [5.41, 5.74) is 6.77. The van der Waals surface area contributed by atoms with Gasteiger partial charge in [-0.25, -0.2) is 4.98 Å². The highest BCUT2D eigenvalue weighted by molar-refractivity contribution is 7.99. The van der Waals surface area contributed by atoms with Crippen LogP contribution in [0.15, 0.2) is 17.2 Å². The molecule has 0 spiro atoms. The molecule has 0 unspecified atom stereocenters. The van der Waals surface area contributed by atoms with Crippen LogP contribution in [0.25, 0.3) is 0 Å². The summed E-state index contributed by atoms with van der Waals surface area (Å²) in [7, 11) is 0. The SMILES string of the molecule is CCSc1cc(N)cnc1C(=O)CC. The van der Waals surface area contributed by atoms with Gasteiger partial charge in [0.15, 0.2) is 5.78 Å². The second kappa shape index (κ2) is 5.00. The van der Waals surface area contributed by atoms with E-state index in [4.69, 9.17) is 5.73 Å². The molecule has 0 aliphatic carbocycles. The first kappa shape index (κ1) is 11.0. The smallest absolute Gasteiger partial charge is 0.182 e. The third kappa shape index (κ3) is 2.48. The maximum absolute atomic E-state index is 11.5. The lowest BCUT2D eigenvalue weighted by Gasteiger charge is -2.05. The van der Waals surface area contributed by atoms with Crippen LogP contribution < -0.4 is 5.73 Å². The maximum Gasteiger partial charge on any atom is 0.182 e. The Morgan fingerprint density at radius 1 is 1.57 bits per heavy atom. The molecule has 1 aromatic heterocycles. The van der Waals surface area contributed by atoms with E-state index in [0.717, 1.165) is 10.6 Å². The van der Waals surface area contributed by atoms with Crippen molar-refractivity contribution in [2.24, 2.45) is 0 Å². The number of aromatic nitrogens is 1. The van der Waals surface area contributed by atoms with Gasteiger partial charge in [-0.15, -0.1) is 11.8 Å². The van der Waals surface area contributed by atoms with Crippen molar-refractivity contribution in [1.29, 1.82) is 0 Å². The van der Waals surface area contributed by atoms with E-state index in [1.54, 1.807) is 11.8 Å². The number of ketones is 1. The predicted octanol–water partition coefficient (Wildman–Crippen LogP) is 2.37. The molecule has 0 bridgehead atoms. The van der Waals surface area contributed by atoms with Gasteiger partial charge in [0, 0.05) is 11.3 Å². The molecule has 0 aliphatic heterocycles. The number of thioether (sulfide) groups is 1. The average molecular weight is 210 g/mol. The van der Waals surface area contributed by atoms with Crippen LogP contribution in [0.3, 0.4) is 0 Å². The van der Waals surface area contributed by atoms with Crippen LogP contribution in [0.4, 0.5) is 5.69 Å². The summed E-state index contributed by atoms with van der Waals surface area (Å²) in [6, 6.07) is 1.81. The lowest BCUT2D eigenvalue weighted by atomic mass is 10.2. The Hall–Kier alpha value is -1.03. The summed E-state index contributed by atoms with van der Waals surface area (Å²) in [4.78, 5) is 16.5. The third-order valence-electron chi connectivity index (χ3n) is 1.76. The van der Waals surface area contributed by atoms with E-state index in [-0.39, 0.29) is 5.78 Å². The molecule has 1 rings (SSSR count). The van der Waals surface area contributed by atoms with Crippen LogP contribution in [0, 0.1) is 0 Å². The van der Waals surface area contributed by atoms with Crippen molar-refractivity contribution >= 4 is 23.2 Å². The zero-order valence-electron chi connectivity index (χ0n) is 8.41. The first-order valence-electron chi connectivity index (χ1n) is 4.60. The molecular formula is C10H14N2OS. The van der Waals surface area contributed by atoms with E-state index in [0.29, 0.717) is 17.8 Å². The number of rotatable bonds is 4. The van der Waals surface area contributed by atoms with Crippen LogP contribution in [0.5, 0.6) is 0 Å². The molecule has 3 nitrogen and oxygen atoms in total. The summed E-state index contributed by atoms with van der Waals surface area (Å²) < 4.78 is 0. The molecule has 0 fully saturated rings. The normalized spacial score (nSPS) is 10.1. The van der Waals surface area contributed by atoms with Crippen molar-refractivity contribution in [2.75, 3.05) is 11.5 Å². The highest BCUT2D eigenvalue weighted by Gasteiger charge is 2.11. The minimum atomic E-state index is 0.0703. The van der Waals surface area contributed by atoms with Crippen LogP contribution in [0.2, 0.25) is 0 Å². The molecule has 0 saturated heterocycles. The van der Waals surface area contributed by atoms with Gasteiger partial charge >= 0.3 is 0 Å². The minimum Gasteiger partial charge on any atom is -0.397 e. The van der Waals surface area contributed by atoms with Crippen molar-refractivity contribution in [2.45, 2.75) is 25.2 Å². The highest BCUT2D eigenvalue weighted by Crippen LogP contribution is 2.23. The van der Waals surface area contributed by atoms with Crippen molar-refractivity contribution < 1.29 is 4.79 Å². The minimum absolute atomic E-state index is 0.0703. The fourth-order valence-electron chi connectivity index (χ4n) is 1.10. The summed E-state index contributed by atoms with van der Waals surface area (Å²) >= 11 is 1.60. The van der Waals surface area contributed by atoms with Crippen molar-refractivity contribution in [1.82, 2.24) is 4.98 Å². The molecular weight excluding hydrogens is 196 g/mol. The van der Waals surface area contributed by atoms with Crippen molar-refractivity contribution in [3.8, 4) is 0 Å². The predicted molar refractivity (Wildman–Crippen MR) is 59.7 cm³/mol. The monoisotopic (exact) mass is 210 g/mol. The van der Waals surface area contributed by atoms with Crippen LogP contribution >= 0.6 is 11.8 Å². The van der Waals surface area contributed by atoms with E-state index in [1.807, 2.05) is 19.9 Å². The molecule has 76 valence electrons. The fourth-order valence-corrected chi connectivity index (χ4v) is 1.94. The standard InChI is InChI=1S/C10H14N2OS/c1-3-8(13)10-9(14-4-2)5-7(11)6-12-10/h5-6H,3-4,11H2,1-2H3. The van der Waals surface area contributed by atoms with Gasteiger partial charge in [-0.3, -0.25) is 4.79 Å². The topological polar surface area (TPSA) is 56.0 Å². The molecule has 14 heavy (non-hydrogen) atoms. The number of hydrogen-bond donors (Lipinski definition) is 1. The number of anilines is 1. The second-order valence-corrected chi connectivity index (χ2v) is 4.13. The molecule has 4 heteroatoms. The summed E-state index contributed by atoms with van der Waals surface area (Å²) in [6.45, 7) is 3.87. The number of nitrogens with two attached hydrogens (primary N) is 1. The van der Waals surface area contributed by atoms with Gasteiger partial charge in [0.2, 0.25) is 0 Å². The fraction of sp³-hybridized carbons (Fsp3) is 0.400. The quantitative estimate of drug-likeness (QED) is 0.612. The molecule has 0 saturated carbocycles. The number of carbonyl (C=O) groups excluding carboxylic acids is 1. The molecule has 1 heterocycles. The molecule has 2 N–H and O–H groups in total. The van der Waals surface area contributed by atoms with Crippen LogP contribution in [0.1, 0.15) is 30.8 Å². The number of pyridine rings is 1. The summed E-state index contributed by atoms with van der Waals surface area (Å²) in [6.07, 6.45) is 2.01. The first-order valence-corrected chi connectivity index (χ1v) is 5.59. The Morgan fingerprint density at radius 2 is 2.29 bits per heavy atom. The molecule has 1 aromatic rings. The zero-order chi connectivity index (χ0) is 10.6. The maximum atomic E-state index is 11.5. The Morgan fingerprint density at radius 3 is 2.86 bits per heavy atom. The van der Waals surface area contributed by atoms with Gasteiger partial charge < -0.3 is 5.73 Å². The number of nitrogens with zero attached hydrogens (tertiary/aromatic N) is 1. The molecule has 0 atom stereocenters. The molecule has 0 aromatic carbocycles. The van der Waals surface area contributed by atoms with Gasteiger partial charge in [0.25, 0.3) is 0 Å². The van der Waals surface area contributed by atoms with Gasteiger partial charge in [0.05, 0.1) is 11.9 Å². The van der Waals surface area contributed by atoms with Crippen LogP contribution in [-0.4, -0.2) is 16.5 Å². The Balaban J connectivity index is 3.07. The second-order valence-electron chi connectivity index (χ2n) is 2.83. The number of nitrogen functional groups attached to an aromatic ring is 1. The average Bonchev–Trinajstić information content (AvgIpc) is 2.17. The Labute approximate surface area is 88.1 Å². The number of Topliss-reactive ketones (excluding diaryl/α,β-unsaturated/α-hetero) is 1. The highest BCUT2D eigenvalue weighted by atomic mass is 32.2. The Bertz CT molecular complexity index is 339. The van der Waals surface area contributed by atoms with E-state index in [2.05, 4.69) is 4.98 Å². The lowest BCUT2D eigenvalue weighted by molar-refractivity contribution is 0.0980. The summed E-state index contributed by atoms with van der Waals surface area (Å²) in [5, 5.41) is 0. The van der Waals surface area contributed by atoms with E-state index < -0.39 is 0 Å². The van der Waals surface area contributed by atoms with E-state index in [9.17, 15) is 4.79 Å². The largest absolute Gasteiger partial charge is 0.397 e. The number of hydrogen-bond acceptors (Lipinski definition) is 4. The first-order chi connectivity index (χ1) is 6.69. The molecule has 0 amide bonds. The van der Waals surface area contributed by atoms with Gasteiger partial charge in [-0.05, 0) is 11.8 Å². The molecule has 0 aliphatic rings. The van der Waals surface area contributed by atoms with E-state index in [1.165, 1.54) is 6.20 Å². The van der Waals surface area contributed by atoms with Crippen LogP contribution in [-0.2, 0) is 0 Å². The van der Waals surface area contributed by atoms with Crippen molar-refractivity contribution in [3.63, 3.8) is 0 Å². The van der Waals surface area contributed by atoms with E-state index >= 15 is 0 Å². The van der Waals surface area contributed by atoms with Gasteiger partial charge in [0.1, 0.15) is 5.69 Å². The number of carbonyl (C=O) groups is 1. The van der Waals surface area contributed by atoms with Crippen molar-refractivity contribution in [3.05, 3.63) is 18.0 Å². The summed E-state index contributed by atoms with van der Waals surface area (Å²) in [5.74, 6) is 0.982. The molecule has 0 radical (unpaired) electrons.